The molecule has 7 heteroatoms. The van der Waals surface area contributed by atoms with Gasteiger partial charge in [-0.1, -0.05) is 23.5 Å². The van der Waals surface area contributed by atoms with E-state index in [1.807, 2.05) is 24.3 Å². The van der Waals surface area contributed by atoms with E-state index >= 15 is 0 Å². The van der Waals surface area contributed by atoms with Crippen molar-refractivity contribution in [3.63, 3.8) is 0 Å². The molecular formula is C9H9BrN4OS. The molecule has 0 unspecified atom stereocenters. The third kappa shape index (κ3) is 2.69. The molecule has 1 heterocycles. The molecule has 0 fully saturated rings. The largest absolute Gasteiger partial charge is 0.485 e. The number of hydrazine groups is 1. The SMILES string of the molecule is NNc1nnc(COc2ccccc2Br)s1. The highest BCUT2D eigenvalue weighted by Gasteiger charge is 2.05. The minimum Gasteiger partial charge on any atom is -0.485 e. The fraction of sp³-hybridized carbons (Fsp3) is 0.111. The zero-order valence-electron chi connectivity index (χ0n) is 8.18. The maximum Gasteiger partial charge on any atom is 0.219 e. The fourth-order valence-electron chi connectivity index (χ4n) is 1.07. The minimum absolute atomic E-state index is 0.377. The molecule has 5 nitrogen and oxygen atoms in total. The number of para-hydroxylation sites is 1. The van der Waals surface area contributed by atoms with Crippen LogP contribution in [0.1, 0.15) is 5.01 Å². The number of nitrogens with one attached hydrogen (secondary N) is 1. The molecule has 1 aromatic carbocycles. The van der Waals surface area contributed by atoms with Crippen molar-refractivity contribution in [1.29, 1.82) is 0 Å². The number of ether oxygens (including phenoxy) is 1. The number of rotatable bonds is 4. The molecule has 0 spiro atoms. The van der Waals surface area contributed by atoms with Crippen LogP contribution >= 0.6 is 27.3 Å². The van der Waals surface area contributed by atoms with Gasteiger partial charge in [-0.3, -0.25) is 5.43 Å². The molecule has 0 aliphatic rings. The number of nitrogens with zero attached hydrogens (tertiary/aromatic N) is 2. The van der Waals surface area contributed by atoms with Crippen LogP contribution in [0.25, 0.3) is 0 Å². The lowest BCUT2D eigenvalue weighted by Crippen LogP contribution is -2.05. The first-order chi connectivity index (χ1) is 7.79. The highest BCUT2D eigenvalue weighted by Crippen LogP contribution is 2.25. The van der Waals surface area contributed by atoms with Gasteiger partial charge in [-0.05, 0) is 28.1 Å². The quantitative estimate of drug-likeness (QED) is 0.669. The number of anilines is 1. The lowest BCUT2D eigenvalue weighted by Gasteiger charge is -2.04. The Kier molecular flexibility index (Phi) is 3.70. The van der Waals surface area contributed by atoms with Crippen molar-refractivity contribution in [1.82, 2.24) is 10.2 Å². The Hall–Kier alpha value is -1.18. The molecule has 0 aliphatic heterocycles. The van der Waals surface area contributed by atoms with E-state index in [1.165, 1.54) is 11.3 Å². The number of halogens is 1. The molecule has 0 bridgehead atoms. The molecule has 16 heavy (non-hydrogen) atoms. The molecule has 84 valence electrons. The summed E-state index contributed by atoms with van der Waals surface area (Å²) in [6, 6.07) is 7.64. The van der Waals surface area contributed by atoms with E-state index in [1.54, 1.807) is 0 Å². The molecule has 2 aromatic rings. The van der Waals surface area contributed by atoms with Gasteiger partial charge >= 0.3 is 0 Å². The number of hydrogen-bond acceptors (Lipinski definition) is 6. The normalized spacial score (nSPS) is 10.1. The Morgan fingerprint density at radius 3 is 2.88 bits per heavy atom. The molecule has 0 saturated carbocycles. The zero-order chi connectivity index (χ0) is 11.4. The van der Waals surface area contributed by atoms with Crippen molar-refractivity contribution in [3.05, 3.63) is 33.7 Å². The predicted molar refractivity (Wildman–Crippen MR) is 66.2 cm³/mol. The molecule has 2 rings (SSSR count). The van der Waals surface area contributed by atoms with Gasteiger partial charge in [-0.25, -0.2) is 5.84 Å². The second-order valence-corrected chi connectivity index (χ2v) is 4.78. The van der Waals surface area contributed by atoms with E-state index in [4.69, 9.17) is 10.6 Å². The second kappa shape index (κ2) is 5.24. The van der Waals surface area contributed by atoms with Crippen molar-refractivity contribution in [3.8, 4) is 5.75 Å². The van der Waals surface area contributed by atoms with Crippen molar-refractivity contribution < 1.29 is 4.74 Å². The Bertz CT molecular complexity index is 476. The van der Waals surface area contributed by atoms with Gasteiger partial charge in [0, 0.05) is 0 Å². The Labute approximate surface area is 105 Å². The molecule has 0 atom stereocenters. The number of nitrogen functional groups attached to an aromatic ring is 1. The molecule has 0 aliphatic carbocycles. The van der Waals surface area contributed by atoms with Gasteiger partial charge in [0.05, 0.1) is 4.47 Å². The average Bonchev–Trinajstić information content (AvgIpc) is 2.76. The third-order valence-electron chi connectivity index (χ3n) is 1.78. The van der Waals surface area contributed by atoms with Crippen molar-refractivity contribution >= 4 is 32.4 Å². The standard InChI is InChI=1S/C9H9BrN4OS/c10-6-3-1-2-4-7(6)15-5-8-13-14-9(12-11)16-8/h1-4H,5,11H2,(H,12,14). The summed E-state index contributed by atoms with van der Waals surface area (Å²) in [5.74, 6) is 5.98. The molecule has 0 amide bonds. The molecule has 0 saturated heterocycles. The Morgan fingerprint density at radius 1 is 1.38 bits per heavy atom. The van der Waals surface area contributed by atoms with Crippen molar-refractivity contribution in [2.45, 2.75) is 6.61 Å². The fourth-order valence-corrected chi connectivity index (χ4v) is 2.03. The lowest BCUT2D eigenvalue weighted by molar-refractivity contribution is 0.302. The number of aromatic nitrogens is 2. The van der Waals surface area contributed by atoms with Gasteiger partial charge in [0.2, 0.25) is 5.13 Å². The Morgan fingerprint density at radius 2 is 2.19 bits per heavy atom. The molecule has 1 aromatic heterocycles. The summed E-state index contributed by atoms with van der Waals surface area (Å²) in [7, 11) is 0. The van der Waals surface area contributed by atoms with E-state index in [-0.39, 0.29) is 0 Å². The van der Waals surface area contributed by atoms with E-state index in [0.29, 0.717) is 11.7 Å². The monoisotopic (exact) mass is 300 g/mol. The predicted octanol–water partition coefficient (Wildman–Crippen LogP) is 2.17. The summed E-state index contributed by atoms with van der Waals surface area (Å²) in [5.41, 5.74) is 2.44. The van der Waals surface area contributed by atoms with E-state index in [9.17, 15) is 0 Å². The summed E-state index contributed by atoms with van der Waals surface area (Å²) in [6.45, 7) is 0.377. The summed E-state index contributed by atoms with van der Waals surface area (Å²) in [6.07, 6.45) is 0. The summed E-state index contributed by atoms with van der Waals surface area (Å²) in [5, 5.41) is 9.07. The highest BCUT2D eigenvalue weighted by atomic mass is 79.9. The van der Waals surface area contributed by atoms with Crippen LogP contribution in [0, 0.1) is 0 Å². The van der Waals surface area contributed by atoms with Crippen LogP contribution in [0.15, 0.2) is 28.7 Å². The van der Waals surface area contributed by atoms with E-state index in [0.717, 1.165) is 15.2 Å². The summed E-state index contributed by atoms with van der Waals surface area (Å²) < 4.78 is 6.49. The van der Waals surface area contributed by atoms with Crippen LogP contribution in [0.5, 0.6) is 5.75 Å². The van der Waals surface area contributed by atoms with Crippen LogP contribution in [-0.4, -0.2) is 10.2 Å². The zero-order valence-corrected chi connectivity index (χ0v) is 10.6. The van der Waals surface area contributed by atoms with Crippen LogP contribution in [-0.2, 0) is 6.61 Å². The number of benzene rings is 1. The van der Waals surface area contributed by atoms with Crippen molar-refractivity contribution in [2.24, 2.45) is 5.84 Å². The maximum atomic E-state index is 5.57. The number of hydrogen-bond donors (Lipinski definition) is 2. The van der Waals surface area contributed by atoms with Gasteiger partial charge < -0.3 is 4.74 Å². The summed E-state index contributed by atoms with van der Waals surface area (Å²) >= 11 is 4.76. The molecule has 3 N–H and O–H groups in total. The summed E-state index contributed by atoms with van der Waals surface area (Å²) in [4.78, 5) is 0. The Balaban J connectivity index is 1.99. The third-order valence-corrected chi connectivity index (χ3v) is 3.26. The van der Waals surface area contributed by atoms with Gasteiger partial charge in [0.1, 0.15) is 12.4 Å². The van der Waals surface area contributed by atoms with Crippen LogP contribution in [0.2, 0.25) is 0 Å². The van der Waals surface area contributed by atoms with Gasteiger partial charge in [-0.15, -0.1) is 10.2 Å². The highest BCUT2D eigenvalue weighted by molar-refractivity contribution is 9.10. The second-order valence-electron chi connectivity index (χ2n) is 2.86. The smallest absolute Gasteiger partial charge is 0.219 e. The van der Waals surface area contributed by atoms with Gasteiger partial charge in [-0.2, -0.15) is 0 Å². The first-order valence-corrected chi connectivity index (χ1v) is 6.07. The van der Waals surface area contributed by atoms with Crippen LogP contribution in [0.3, 0.4) is 0 Å². The average molecular weight is 301 g/mol. The molecular weight excluding hydrogens is 292 g/mol. The van der Waals surface area contributed by atoms with E-state index in [2.05, 4.69) is 31.6 Å². The van der Waals surface area contributed by atoms with Gasteiger partial charge in [0.15, 0.2) is 5.01 Å². The molecule has 0 radical (unpaired) electrons. The first-order valence-electron chi connectivity index (χ1n) is 4.46. The van der Waals surface area contributed by atoms with Crippen molar-refractivity contribution in [2.75, 3.05) is 5.43 Å². The lowest BCUT2D eigenvalue weighted by atomic mass is 10.3. The van der Waals surface area contributed by atoms with Crippen LogP contribution < -0.4 is 16.0 Å². The first kappa shape index (κ1) is 11.3. The topological polar surface area (TPSA) is 73.1 Å². The van der Waals surface area contributed by atoms with E-state index < -0.39 is 0 Å². The van der Waals surface area contributed by atoms with Gasteiger partial charge in [0.25, 0.3) is 0 Å². The van der Waals surface area contributed by atoms with Crippen LogP contribution in [0.4, 0.5) is 5.13 Å². The number of nitrogens with two attached hydrogens (primary N) is 1. The maximum absolute atomic E-state index is 5.57. The minimum atomic E-state index is 0.377.